The lowest BCUT2D eigenvalue weighted by molar-refractivity contribution is 0.115. The van der Waals surface area contributed by atoms with Crippen molar-refractivity contribution in [3.8, 4) is 11.1 Å². The molecular weight excluding hydrogens is 422 g/mol. The average molecular weight is 463 g/mol. The van der Waals surface area contributed by atoms with Gasteiger partial charge in [0.25, 0.3) is 0 Å². The molecule has 0 N–H and O–H groups in total. The highest BCUT2D eigenvalue weighted by Crippen LogP contribution is 2.48. The van der Waals surface area contributed by atoms with Crippen LogP contribution in [0.5, 0.6) is 0 Å². The number of hydrogen-bond donors (Lipinski definition) is 0. The molecule has 0 aliphatic heterocycles. The second-order valence-electron chi connectivity index (χ2n) is 10.5. The Labute approximate surface area is 205 Å². The Kier molecular flexibility index (Phi) is 8.75. The number of aryl methyl sites for hydroxylation is 1. The van der Waals surface area contributed by atoms with Crippen molar-refractivity contribution in [2.75, 3.05) is 0 Å². The molecule has 0 saturated heterocycles. The fraction of sp³-hybridized carbons (Fsp3) is 0.500. The molecule has 2 aliphatic rings. The summed E-state index contributed by atoms with van der Waals surface area (Å²) in [5.74, 6) is 2.52. The summed E-state index contributed by atoms with van der Waals surface area (Å²) < 4.78 is 29.8. The van der Waals surface area contributed by atoms with E-state index in [1.54, 1.807) is 12.1 Å². The zero-order valence-corrected chi connectivity index (χ0v) is 20.9. The summed E-state index contributed by atoms with van der Waals surface area (Å²) in [7, 11) is 0. The van der Waals surface area contributed by atoms with Gasteiger partial charge in [-0.3, -0.25) is 0 Å². The monoisotopic (exact) mass is 462 g/mol. The number of rotatable bonds is 8. The van der Waals surface area contributed by atoms with Gasteiger partial charge >= 0.3 is 0 Å². The van der Waals surface area contributed by atoms with E-state index in [4.69, 9.17) is 0 Å². The van der Waals surface area contributed by atoms with E-state index in [1.165, 1.54) is 51.0 Å². The van der Waals surface area contributed by atoms with Gasteiger partial charge in [0.1, 0.15) is 11.6 Å². The van der Waals surface area contributed by atoms with Crippen molar-refractivity contribution in [2.24, 2.45) is 17.8 Å². The number of halogens is 2. The highest BCUT2D eigenvalue weighted by atomic mass is 19.1. The van der Waals surface area contributed by atoms with Crippen LogP contribution < -0.4 is 0 Å². The van der Waals surface area contributed by atoms with Crippen molar-refractivity contribution in [3.05, 3.63) is 83.5 Å². The van der Waals surface area contributed by atoms with Gasteiger partial charge in [-0.2, -0.15) is 0 Å². The molecule has 2 aromatic rings. The summed E-state index contributed by atoms with van der Waals surface area (Å²) in [6.07, 6.45) is 20.2. The highest BCUT2D eigenvalue weighted by Gasteiger charge is 2.35. The fourth-order valence-corrected chi connectivity index (χ4v) is 6.39. The van der Waals surface area contributed by atoms with Crippen molar-refractivity contribution in [1.82, 2.24) is 0 Å². The Bertz CT molecular complexity index is 1000. The Hall–Kier alpha value is -2.22. The SMILES string of the molecule is C/C=C/CCc1ccc(-c2ccc(C3CCC4CC(CC/C=C/C)CCC4C3)cc2F)cc1F. The first kappa shape index (κ1) is 24.9. The van der Waals surface area contributed by atoms with E-state index in [0.29, 0.717) is 29.0 Å². The number of allylic oxidation sites excluding steroid dienone is 4. The van der Waals surface area contributed by atoms with Crippen LogP contribution in [-0.4, -0.2) is 0 Å². The van der Waals surface area contributed by atoms with E-state index < -0.39 is 0 Å². The Morgan fingerprint density at radius 3 is 2.32 bits per heavy atom. The van der Waals surface area contributed by atoms with E-state index in [-0.39, 0.29) is 11.6 Å². The van der Waals surface area contributed by atoms with Crippen molar-refractivity contribution in [1.29, 1.82) is 0 Å². The molecule has 0 nitrogen and oxygen atoms in total. The van der Waals surface area contributed by atoms with Gasteiger partial charge in [-0.1, -0.05) is 55.0 Å². The minimum Gasteiger partial charge on any atom is -0.207 e. The molecule has 4 unspecified atom stereocenters. The maximum atomic E-state index is 15.2. The molecule has 182 valence electrons. The lowest BCUT2D eigenvalue weighted by Gasteiger charge is -2.42. The summed E-state index contributed by atoms with van der Waals surface area (Å²) in [5, 5.41) is 0. The third kappa shape index (κ3) is 6.06. The van der Waals surface area contributed by atoms with E-state index >= 15 is 4.39 Å². The summed E-state index contributed by atoms with van der Waals surface area (Å²) >= 11 is 0. The van der Waals surface area contributed by atoms with Crippen LogP contribution in [0.15, 0.2) is 60.7 Å². The van der Waals surface area contributed by atoms with Gasteiger partial charge in [0.15, 0.2) is 0 Å². The average Bonchev–Trinajstić information content (AvgIpc) is 2.85. The third-order valence-electron chi connectivity index (χ3n) is 8.34. The molecule has 4 atom stereocenters. The van der Waals surface area contributed by atoms with Crippen molar-refractivity contribution >= 4 is 0 Å². The highest BCUT2D eigenvalue weighted by molar-refractivity contribution is 5.65. The molecule has 0 radical (unpaired) electrons. The van der Waals surface area contributed by atoms with Crippen LogP contribution in [-0.2, 0) is 6.42 Å². The lowest BCUT2D eigenvalue weighted by atomic mass is 9.63. The minimum atomic E-state index is -0.245. The zero-order chi connectivity index (χ0) is 23.9. The molecule has 2 aliphatic carbocycles. The first-order valence-electron chi connectivity index (χ1n) is 13.4. The van der Waals surface area contributed by atoms with Gasteiger partial charge in [0.05, 0.1) is 0 Å². The van der Waals surface area contributed by atoms with Gasteiger partial charge in [-0.15, -0.1) is 0 Å². The van der Waals surface area contributed by atoms with Crippen LogP contribution in [0.1, 0.15) is 88.7 Å². The van der Waals surface area contributed by atoms with Gasteiger partial charge in [-0.25, -0.2) is 8.78 Å². The largest absolute Gasteiger partial charge is 0.207 e. The number of fused-ring (bicyclic) bond motifs is 1. The van der Waals surface area contributed by atoms with E-state index in [1.807, 2.05) is 31.2 Å². The van der Waals surface area contributed by atoms with Crippen molar-refractivity contribution in [3.63, 3.8) is 0 Å². The molecule has 34 heavy (non-hydrogen) atoms. The quantitative estimate of drug-likeness (QED) is 0.342. The smallest absolute Gasteiger partial charge is 0.131 e. The lowest BCUT2D eigenvalue weighted by Crippen LogP contribution is -2.30. The van der Waals surface area contributed by atoms with Crippen molar-refractivity contribution in [2.45, 2.75) is 84.0 Å². The molecule has 0 spiro atoms. The van der Waals surface area contributed by atoms with Crippen molar-refractivity contribution < 1.29 is 8.78 Å². The Morgan fingerprint density at radius 1 is 0.794 bits per heavy atom. The maximum Gasteiger partial charge on any atom is 0.131 e. The van der Waals surface area contributed by atoms with Gasteiger partial charge < -0.3 is 0 Å². The minimum absolute atomic E-state index is 0.228. The maximum absolute atomic E-state index is 15.2. The molecule has 2 aromatic carbocycles. The third-order valence-corrected chi connectivity index (χ3v) is 8.34. The Morgan fingerprint density at radius 2 is 1.56 bits per heavy atom. The van der Waals surface area contributed by atoms with Crippen LogP contribution in [0, 0.1) is 29.4 Å². The van der Waals surface area contributed by atoms with Crippen LogP contribution >= 0.6 is 0 Å². The van der Waals surface area contributed by atoms with Crippen LogP contribution in [0.25, 0.3) is 11.1 Å². The molecule has 2 saturated carbocycles. The Balaban J connectivity index is 1.39. The molecule has 0 amide bonds. The second-order valence-corrected chi connectivity index (χ2v) is 10.5. The molecule has 0 bridgehead atoms. The molecule has 0 aromatic heterocycles. The molecule has 0 heterocycles. The summed E-state index contributed by atoms with van der Waals surface area (Å²) in [5.41, 5.74) is 2.93. The molecule has 4 rings (SSSR count). The van der Waals surface area contributed by atoms with Crippen LogP contribution in [0.4, 0.5) is 8.78 Å². The van der Waals surface area contributed by atoms with Crippen LogP contribution in [0.3, 0.4) is 0 Å². The summed E-state index contributed by atoms with van der Waals surface area (Å²) in [6, 6.07) is 10.8. The second kappa shape index (κ2) is 12.0. The van der Waals surface area contributed by atoms with E-state index in [9.17, 15) is 4.39 Å². The number of benzene rings is 2. The zero-order valence-electron chi connectivity index (χ0n) is 20.9. The van der Waals surface area contributed by atoms with Gasteiger partial charge in [-0.05, 0) is 124 Å². The molecular formula is C32H40F2. The fourth-order valence-electron chi connectivity index (χ4n) is 6.39. The van der Waals surface area contributed by atoms with E-state index in [0.717, 1.165) is 36.2 Å². The van der Waals surface area contributed by atoms with E-state index in [2.05, 4.69) is 25.1 Å². The standard InChI is InChI=1S/C32H40F2/c1-3-5-7-9-23-11-12-26-20-27(15-14-25(26)19-23)28-17-18-30(32(34)21-28)29-16-13-24(31(33)22-29)10-8-6-4-2/h3-6,13,16-18,21-23,25-27H,7-12,14-15,19-20H2,1-2H3/b5-3+,6-4+. The first-order chi connectivity index (χ1) is 16.6. The predicted octanol–water partition coefficient (Wildman–Crippen LogP) is 9.80. The normalized spacial score (nSPS) is 25.2. The van der Waals surface area contributed by atoms with Crippen LogP contribution in [0.2, 0.25) is 0 Å². The van der Waals surface area contributed by atoms with Gasteiger partial charge in [0, 0.05) is 5.56 Å². The molecule has 2 fully saturated rings. The predicted molar refractivity (Wildman–Crippen MR) is 140 cm³/mol. The van der Waals surface area contributed by atoms with Gasteiger partial charge in [0.2, 0.25) is 0 Å². The first-order valence-corrected chi connectivity index (χ1v) is 13.4. The summed E-state index contributed by atoms with van der Waals surface area (Å²) in [4.78, 5) is 0. The topological polar surface area (TPSA) is 0 Å². The summed E-state index contributed by atoms with van der Waals surface area (Å²) in [6.45, 7) is 4.07. The number of hydrogen-bond acceptors (Lipinski definition) is 0. The molecule has 2 heteroatoms.